The Morgan fingerprint density at radius 3 is 3.11 bits per heavy atom. The number of esters is 1. The Morgan fingerprint density at radius 1 is 1.56 bits per heavy atom. The van der Waals surface area contributed by atoms with E-state index in [9.17, 15) is 4.79 Å². The number of hydrogen-bond donors (Lipinski definition) is 0. The normalized spacial score (nSPS) is 10.8. The van der Waals surface area contributed by atoms with Crippen molar-refractivity contribution in [3.8, 4) is 0 Å². The lowest BCUT2D eigenvalue weighted by Crippen LogP contribution is -2.06. The second-order valence-electron chi connectivity index (χ2n) is 3.95. The zero-order chi connectivity index (χ0) is 13.0. The third-order valence-electron chi connectivity index (χ3n) is 2.50. The number of ether oxygens (including phenoxy) is 1. The number of fused-ring (bicyclic) bond motifs is 1. The van der Waals surface area contributed by atoms with Crippen LogP contribution in [0.5, 0.6) is 0 Å². The molecule has 0 aliphatic carbocycles. The van der Waals surface area contributed by atoms with Gasteiger partial charge in [0.15, 0.2) is 0 Å². The lowest BCUT2D eigenvalue weighted by molar-refractivity contribution is -0.139. The van der Waals surface area contributed by atoms with E-state index in [1.165, 1.54) is 11.8 Å². The van der Waals surface area contributed by atoms with Gasteiger partial charge in [-0.15, -0.1) is 11.8 Å². The van der Waals surface area contributed by atoms with Crippen LogP contribution in [0, 0.1) is 6.92 Å². The first-order valence-electron chi connectivity index (χ1n) is 5.87. The fourth-order valence-corrected chi connectivity index (χ4v) is 2.42. The Bertz CT molecular complexity index is 551. The summed E-state index contributed by atoms with van der Waals surface area (Å²) in [5.41, 5.74) is 3.11. The van der Waals surface area contributed by atoms with Gasteiger partial charge < -0.3 is 9.14 Å². The Balaban J connectivity index is 1.96. The van der Waals surface area contributed by atoms with E-state index in [4.69, 9.17) is 4.74 Å². The smallest absolute Gasteiger partial charge is 0.315 e. The van der Waals surface area contributed by atoms with Gasteiger partial charge in [-0.3, -0.25) is 4.79 Å². The van der Waals surface area contributed by atoms with Crippen molar-refractivity contribution in [2.24, 2.45) is 0 Å². The van der Waals surface area contributed by atoms with Gasteiger partial charge in [0.1, 0.15) is 5.65 Å². The molecular weight excluding hydrogens is 248 g/mol. The zero-order valence-electron chi connectivity index (χ0n) is 10.5. The number of carbonyl (C=O) groups is 1. The van der Waals surface area contributed by atoms with Crippen molar-refractivity contribution >= 4 is 23.4 Å². The lowest BCUT2D eigenvalue weighted by Gasteiger charge is -1.99. The van der Waals surface area contributed by atoms with Gasteiger partial charge in [-0.05, 0) is 25.5 Å². The van der Waals surface area contributed by atoms with E-state index < -0.39 is 0 Å². The van der Waals surface area contributed by atoms with E-state index in [2.05, 4.69) is 4.98 Å². The van der Waals surface area contributed by atoms with Gasteiger partial charge in [0, 0.05) is 18.1 Å². The monoisotopic (exact) mass is 264 g/mol. The van der Waals surface area contributed by atoms with Gasteiger partial charge in [0.25, 0.3) is 0 Å². The molecule has 0 radical (unpaired) electrons. The topological polar surface area (TPSA) is 43.6 Å². The Hall–Kier alpha value is -1.49. The zero-order valence-corrected chi connectivity index (χ0v) is 11.4. The van der Waals surface area contributed by atoms with Crippen molar-refractivity contribution in [3.63, 3.8) is 0 Å². The van der Waals surface area contributed by atoms with Crippen molar-refractivity contribution in [1.29, 1.82) is 0 Å². The number of pyridine rings is 1. The summed E-state index contributed by atoms with van der Waals surface area (Å²) in [7, 11) is 0. The maximum atomic E-state index is 11.2. The average Bonchev–Trinajstić information content (AvgIpc) is 2.74. The number of nitrogens with zero attached hydrogens (tertiary/aromatic N) is 2. The predicted octanol–water partition coefficient (Wildman–Crippen LogP) is 2.44. The number of hydrogen-bond acceptors (Lipinski definition) is 4. The first-order chi connectivity index (χ1) is 8.70. The first kappa shape index (κ1) is 13.0. The van der Waals surface area contributed by atoms with Crippen LogP contribution in [0.3, 0.4) is 0 Å². The SMILES string of the molecule is CCOC(=O)CSCc1cn2cccc(C)c2n1. The van der Waals surface area contributed by atoms with E-state index in [-0.39, 0.29) is 5.97 Å². The molecule has 0 spiro atoms. The van der Waals surface area contributed by atoms with Crippen LogP contribution in [0.15, 0.2) is 24.5 Å². The highest BCUT2D eigenvalue weighted by atomic mass is 32.2. The Morgan fingerprint density at radius 2 is 2.39 bits per heavy atom. The minimum Gasteiger partial charge on any atom is -0.465 e. The van der Waals surface area contributed by atoms with E-state index in [1.54, 1.807) is 0 Å². The predicted molar refractivity (Wildman–Crippen MR) is 72.7 cm³/mol. The Kier molecular flexibility index (Phi) is 4.25. The largest absolute Gasteiger partial charge is 0.465 e. The molecule has 2 aromatic heterocycles. The summed E-state index contributed by atoms with van der Waals surface area (Å²) in [5, 5.41) is 0. The van der Waals surface area contributed by atoms with Crippen LogP contribution in [-0.4, -0.2) is 27.7 Å². The third-order valence-corrected chi connectivity index (χ3v) is 3.44. The van der Waals surface area contributed by atoms with Crippen LogP contribution in [-0.2, 0) is 15.3 Å². The van der Waals surface area contributed by atoms with Gasteiger partial charge in [-0.25, -0.2) is 4.98 Å². The van der Waals surface area contributed by atoms with E-state index in [0.717, 1.165) is 22.7 Å². The summed E-state index contributed by atoms with van der Waals surface area (Å²) in [4.78, 5) is 15.7. The number of carbonyl (C=O) groups excluding carboxylic acids is 1. The van der Waals surface area contributed by atoms with Crippen LogP contribution < -0.4 is 0 Å². The minimum absolute atomic E-state index is 0.164. The molecule has 0 aliphatic heterocycles. The van der Waals surface area contributed by atoms with Crippen LogP contribution in [0.25, 0.3) is 5.65 Å². The molecule has 0 saturated heterocycles. The molecule has 0 aliphatic rings. The highest BCUT2D eigenvalue weighted by Crippen LogP contribution is 2.15. The maximum absolute atomic E-state index is 11.2. The van der Waals surface area contributed by atoms with Gasteiger partial charge >= 0.3 is 5.97 Å². The van der Waals surface area contributed by atoms with Crippen molar-refractivity contribution in [1.82, 2.24) is 9.38 Å². The van der Waals surface area contributed by atoms with Crippen molar-refractivity contribution < 1.29 is 9.53 Å². The molecule has 0 amide bonds. The number of rotatable bonds is 5. The minimum atomic E-state index is -0.164. The molecule has 18 heavy (non-hydrogen) atoms. The van der Waals surface area contributed by atoms with Crippen molar-refractivity contribution in [3.05, 3.63) is 35.8 Å². The van der Waals surface area contributed by atoms with Gasteiger partial charge in [-0.2, -0.15) is 0 Å². The van der Waals surface area contributed by atoms with Crippen LogP contribution >= 0.6 is 11.8 Å². The fraction of sp³-hybridized carbons (Fsp3) is 0.385. The number of aromatic nitrogens is 2. The van der Waals surface area contributed by atoms with E-state index >= 15 is 0 Å². The summed E-state index contributed by atoms with van der Waals surface area (Å²) in [5.74, 6) is 0.933. The second-order valence-corrected chi connectivity index (χ2v) is 4.94. The van der Waals surface area contributed by atoms with Crippen molar-refractivity contribution in [2.45, 2.75) is 19.6 Å². The van der Waals surface area contributed by atoms with E-state index in [0.29, 0.717) is 12.4 Å². The highest BCUT2D eigenvalue weighted by molar-refractivity contribution is 7.99. The standard InChI is InChI=1S/C13H16N2O2S/c1-3-17-12(16)9-18-8-11-7-15-6-4-5-10(2)13(15)14-11/h4-7H,3,8-9H2,1-2H3. The molecule has 0 fully saturated rings. The maximum Gasteiger partial charge on any atom is 0.315 e. The molecule has 5 heteroatoms. The van der Waals surface area contributed by atoms with Crippen LogP contribution in [0.4, 0.5) is 0 Å². The number of thioether (sulfide) groups is 1. The highest BCUT2D eigenvalue weighted by Gasteiger charge is 2.06. The number of aryl methyl sites for hydroxylation is 1. The first-order valence-corrected chi connectivity index (χ1v) is 7.02. The molecule has 0 N–H and O–H groups in total. The molecule has 2 rings (SSSR count). The third kappa shape index (κ3) is 3.04. The average molecular weight is 264 g/mol. The second kappa shape index (κ2) is 5.91. The summed E-state index contributed by atoms with van der Waals surface area (Å²) >= 11 is 1.53. The van der Waals surface area contributed by atoms with Crippen molar-refractivity contribution in [2.75, 3.05) is 12.4 Å². The molecule has 0 atom stereocenters. The summed E-state index contributed by atoms with van der Waals surface area (Å²) in [6.45, 7) is 4.29. The van der Waals surface area contributed by atoms with Gasteiger partial charge in [-0.1, -0.05) is 6.07 Å². The van der Waals surface area contributed by atoms with Gasteiger partial charge in [0.2, 0.25) is 0 Å². The van der Waals surface area contributed by atoms with Gasteiger partial charge in [0.05, 0.1) is 18.1 Å². The molecular formula is C13H16N2O2S. The molecule has 2 aromatic rings. The van der Waals surface area contributed by atoms with Crippen LogP contribution in [0.1, 0.15) is 18.2 Å². The summed E-state index contributed by atoms with van der Waals surface area (Å²) in [6.07, 6.45) is 3.98. The molecule has 0 unspecified atom stereocenters. The molecule has 0 bridgehead atoms. The summed E-state index contributed by atoms with van der Waals surface area (Å²) < 4.78 is 6.88. The fourth-order valence-electron chi connectivity index (χ4n) is 1.72. The molecule has 4 nitrogen and oxygen atoms in total. The Labute approximate surface area is 110 Å². The van der Waals surface area contributed by atoms with E-state index in [1.807, 2.05) is 42.8 Å². The number of imidazole rings is 1. The van der Waals surface area contributed by atoms with Crippen LogP contribution in [0.2, 0.25) is 0 Å². The lowest BCUT2D eigenvalue weighted by atomic mass is 10.3. The quantitative estimate of drug-likeness (QED) is 0.778. The molecule has 2 heterocycles. The summed E-state index contributed by atoms with van der Waals surface area (Å²) in [6, 6.07) is 4.04. The molecule has 96 valence electrons. The molecule has 0 saturated carbocycles. The molecule has 0 aromatic carbocycles.